The molecule has 1 aliphatic heterocycles. The van der Waals surface area contributed by atoms with Gasteiger partial charge in [0, 0.05) is 11.0 Å². The molecule has 1 aromatic rings. The van der Waals surface area contributed by atoms with E-state index < -0.39 is 12.0 Å². The van der Waals surface area contributed by atoms with Crippen molar-refractivity contribution >= 4 is 27.8 Å². The van der Waals surface area contributed by atoms with Gasteiger partial charge in [-0.1, -0.05) is 28.1 Å². The Hall–Kier alpha value is -1.36. The summed E-state index contributed by atoms with van der Waals surface area (Å²) in [6.45, 7) is 2.36. The van der Waals surface area contributed by atoms with Gasteiger partial charge in [0.1, 0.15) is 6.04 Å². The lowest BCUT2D eigenvalue weighted by atomic mass is 9.99. The number of carboxylic acid groups (broad SMARTS) is 1. The number of hydrogen-bond acceptors (Lipinski definition) is 2. The highest BCUT2D eigenvalue weighted by molar-refractivity contribution is 9.10. The number of halogens is 1. The molecule has 2 rings (SSSR count). The summed E-state index contributed by atoms with van der Waals surface area (Å²) in [5.74, 6) is -1.32. The second kappa shape index (κ2) is 5.74. The van der Waals surface area contributed by atoms with E-state index in [-0.39, 0.29) is 11.8 Å². The van der Waals surface area contributed by atoms with E-state index in [1.165, 1.54) is 4.90 Å². The van der Waals surface area contributed by atoms with E-state index in [9.17, 15) is 9.59 Å². The summed E-state index contributed by atoms with van der Waals surface area (Å²) in [5, 5.41) is 9.12. The minimum atomic E-state index is -0.908. The van der Waals surface area contributed by atoms with E-state index in [1.807, 2.05) is 31.2 Å². The number of aliphatic carboxylic acids is 1. The van der Waals surface area contributed by atoms with Crippen LogP contribution in [0.2, 0.25) is 0 Å². The first-order chi connectivity index (χ1) is 9.00. The van der Waals surface area contributed by atoms with Crippen LogP contribution in [0.25, 0.3) is 0 Å². The average molecular weight is 326 g/mol. The van der Waals surface area contributed by atoms with Crippen molar-refractivity contribution in [3.63, 3.8) is 0 Å². The monoisotopic (exact) mass is 325 g/mol. The number of rotatable bonds is 3. The molecule has 0 spiro atoms. The lowest BCUT2D eigenvalue weighted by Crippen LogP contribution is -2.42. The van der Waals surface area contributed by atoms with Crippen molar-refractivity contribution in [3.05, 3.63) is 34.3 Å². The molecule has 2 atom stereocenters. The molecular formula is C14H16BrNO3. The number of likely N-dealkylation sites (tertiary alicyclic amines) is 1. The Balaban J connectivity index is 2.14. The fraction of sp³-hybridized carbons (Fsp3) is 0.429. The number of carboxylic acids is 1. The zero-order chi connectivity index (χ0) is 14.0. The molecule has 1 aromatic carbocycles. The largest absolute Gasteiger partial charge is 0.480 e. The summed E-state index contributed by atoms with van der Waals surface area (Å²) in [6, 6.07) is 6.89. The molecule has 1 fully saturated rings. The lowest BCUT2D eigenvalue weighted by molar-refractivity contribution is -0.148. The van der Waals surface area contributed by atoms with Gasteiger partial charge in [0.15, 0.2) is 0 Å². The fourth-order valence-electron chi connectivity index (χ4n) is 2.43. The molecule has 1 amide bonds. The molecule has 1 unspecified atom stereocenters. The third kappa shape index (κ3) is 2.97. The van der Waals surface area contributed by atoms with E-state index in [4.69, 9.17) is 5.11 Å². The molecule has 1 N–H and O–H groups in total. The van der Waals surface area contributed by atoms with E-state index in [0.717, 1.165) is 16.5 Å². The number of carbonyl (C=O) groups is 2. The maximum atomic E-state index is 12.4. The maximum absolute atomic E-state index is 12.4. The summed E-state index contributed by atoms with van der Waals surface area (Å²) in [5.41, 5.74) is 0.907. The SMILES string of the molecule is CC(C(=O)N1CCC[C@@H]1C(=O)O)c1ccc(Br)cc1. The van der Waals surface area contributed by atoms with Gasteiger partial charge in [0.05, 0.1) is 5.92 Å². The van der Waals surface area contributed by atoms with Gasteiger partial charge in [-0.05, 0) is 37.5 Å². The van der Waals surface area contributed by atoms with Crippen molar-refractivity contribution in [1.29, 1.82) is 0 Å². The highest BCUT2D eigenvalue weighted by Crippen LogP contribution is 2.25. The zero-order valence-electron chi connectivity index (χ0n) is 10.7. The predicted molar refractivity (Wildman–Crippen MR) is 74.9 cm³/mol. The molecule has 102 valence electrons. The van der Waals surface area contributed by atoms with Crippen molar-refractivity contribution in [1.82, 2.24) is 4.90 Å². The number of amides is 1. The van der Waals surface area contributed by atoms with Crippen molar-refractivity contribution in [2.45, 2.75) is 31.7 Å². The van der Waals surface area contributed by atoms with Crippen molar-refractivity contribution in [2.24, 2.45) is 0 Å². The van der Waals surface area contributed by atoms with Gasteiger partial charge >= 0.3 is 5.97 Å². The second-order valence-electron chi connectivity index (χ2n) is 4.80. The average Bonchev–Trinajstić information content (AvgIpc) is 2.87. The van der Waals surface area contributed by atoms with Crippen LogP contribution < -0.4 is 0 Å². The minimum Gasteiger partial charge on any atom is -0.480 e. The third-order valence-electron chi connectivity index (χ3n) is 3.56. The van der Waals surface area contributed by atoms with E-state index in [1.54, 1.807) is 0 Å². The standard InChI is InChI=1S/C14H16BrNO3/c1-9(10-4-6-11(15)7-5-10)13(17)16-8-2-3-12(16)14(18)19/h4-7,9,12H,2-3,8H2,1H3,(H,18,19)/t9?,12-/m1/s1. The van der Waals surface area contributed by atoms with E-state index in [2.05, 4.69) is 15.9 Å². The van der Waals surface area contributed by atoms with Crippen LogP contribution in [0.4, 0.5) is 0 Å². The van der Waals surface area contributed by atoms with Crippen LogP contribution in [0.5, 0.6) is 0 Å². The molecule has 4 nitrogen and oxygen atoms in total. The minimum absolute atomic E-state index is 0.104. The predicted octanol–water partition coefficient (Wildman–Crippen LogP) is 2.63. The Kier molecular flexibility index (Phi) is 4.24. The van der Waals surface area contributed by atoms with E-state index >= 15 is 0 Å². The quantitative estimate of drug-likeness (QED) is 0.929. The van der Waals surface area contributed by atoms with Crippen molar-refractivity contribution in [3.8, 4) is 0 Å². The molecule has 1 aliphatic rings. The molecule has 1 saturated heterocycles. The summed E-state index contributed by atoms with van der Waals surface area (Å²) in [7, 11) is 0. The summed E-state index contributed by atoms with van der Waals surface area (Å²) in [4.78, 5) is 25.0. The molecule has 1 heterocycles. The molecular weight excluding hydrogens is 310 g/mol. The highest BCUT2D eigenvalue weighted by Gasteiger charge is 2.36. The van der Waals surface area contributed by atoms with Crippen LogP contribution in [0, 0.1) is 0 Å². The molecule has 5 heteroatoms. The van der Waals surface area contributed by atoms with Crippen molar-refractivity contribution in [2.75, 3.05) is 6.54 Å². The van der Waals surface area contributed by atoms with Crippen LogP contribution in [-0.2, 0) is 9.59 Å². The molecule has 19 heavy (non-hydrogen) atoms. The fourth-order valence-corrected chi connectivity index (χ4v) is 2.69. The zero-order valence-corrected chi connectivity index (χ0v) is 12.3. The van der Waals surface area contributed by atoms with Gasteiger partial charge in [-0.15, -0.1) is 0 Å². The number of benzene rings is 1. The summed E-state index contributed by atoms with van der Waals surface area (Å²) < 4.78 is 0.959. The molecule has 0 bridgehead atoms. The van der Waals surface area contributed by atoms with Crippen LogP contribution in [0.15, 0.2) is 28.7 Å². The lowest BCUT2D eigenvalue weighted by Gasteiger charge is -2.25. The van der Waals surface area contributed by atoms with Crippen LogP contribution in [0.3, 0.4) is 0 Å². The summed E-state index contributed by atoms with van der Waals surface area (Å²) in [6.07, 6.45) is 1.31. The topological polar surface area (TPSA) is 57.6 Å². The Morgan fingerprint density at radius 1 is 1.37 bits per heavy atom. The Morgan fingerprint density at radius 3 is 2.58 bits per heavy atom. The number of nitrogens with zero attached hydrogens (tertiary/aromatic N) is 1. The Labute approximate surface area is 120 Å². The van der Waals surface area contributed by atoms with Gasteiger partial charge in [-0.25, -0.2) is 4.79 Å². The number of hydrogen-bond donors (Lipinski definition) is 1. The van der Waals surface area contributed by atoms with Crippen LogP contribution in [-0.4, -0.2) is 34.5 Å². The van der Waals surface area contributed by atoms with Gasteiger partial charge in [-0.2, -0.15) is 0 Å². The number of carbonyl (C=O) groups excluding carboxylic acids is 1. The van der Waals surface area contributed by atoms with Crippen LogP contribution in [0.1, 0.15) is 31.2 Å². The van der Waals surface area contributed by atoms with E-state index in [0.29, 0.717) is 13.0 Å². The summed E-state index contributed by atoms with van der Waals surface area (Å²) >= 11 is 3.35. The first kappa shape index (κ1) is 14.1. The molecule has 0 aromatic heterocycles. The second-order valence-corrected chi connectivity index (χ2v) is 5.72. The first-order valence-electron chi connectivity index (χ1n) is 6.29. The molecule has 0 saturated carbocycles. The molecule has 0 aliphatic carbocycles. The third-order valence-corrected chi connectivity index (χ3v) is 4.09. The smallest absolute Gasteiger partial charge is 0.326 e. The van der Waals surface area contributed by atoms with Gasteiger partial charge < -0.3 is 10.0 Å². The maximum Gasteiger partial charge on any atom is 0.326 e. The van der Waals surface area contributed by atoms with Crippen molar-refractivity contribution < 1.29 is 14.7 Å². The molecule has 0 radical (unpaired) electrons. The van der Waals surface area contributed by atoms with Gasteiger partial charge in [-0.3, -0.25) is 4.79 Å². The highest BCUT2D eigenvalue weighted by atomic mass is 79.9. The normalized spacial score (nSPS) is 20.3. The Bertz CT molecular complexity index is 486. The van der Waals surface area contributed by atoms with Gasteiger partial charge in [0.25, 0.3) is 0 Å². The van der Waals surface area contributed by atoms with Gasteiger partial charge in [0.2, 0.25) is 5.91 Å². The Morgan fingerprint density at radius 2 is 2.00 bits per heavy atom. The van der Waals surface area contributed by atoms with Crippen LogP contribution >= 0.6 is 15.9 Å². The first-order valence-corrected chi connectivity index (χ1v) is 7.08.